The van der Waals surface area contributed by atoms with E-state index in [0.29, 0.717) is 13.0 Å². The Hall–Kier alpha value is -0.230. The van der Waals surface area contributed by atoms with Gasteiger partial charge >= 0.3 is 0 Å². The molecular formula is C9H18FNO3. The molecule has 0 unspecified atom stereocenters. The van der Waals surface area contributed by atoms with E-state index in [1.165, 1.54) is 0 Å². The molecule has 1 aliphatic heterocycles. The highest BCUT2D eigenvalue weighted by Gasteiger charge is 2.36. The van der Waals surface area contributed by atoms with Crippen LogP contribution >= 0.6 is 0 Å². The second-order valence-corrected chi connectivity index (χ2v) is 3.48. The fourth-order valence-corrected chi connectivity index (χ4v) is 1.59. The molecule has 4 nitrogen and oxygen atoms in total. The topological polar surface area (TPSA) is 61.7 Å². The van der Waals surface area contributed by atoms with Crippen molar-refractivity contribution in [3.8, 4) is 0 Å². The molecule has 0 aromatic carbocycles. The van der Waals surface area contributed by atoms with Gasteiger partial charge in [-0.25, -0.2) is 4.39 Å². The van der Waals surface area contributed by atoms with E-state index in [1.54, 1.807) is 0 Å². The van der Waals surface area contributed by atoms with E-state index in [1.807, 2.05) is 0 Å². The van der Waals surface area contributed by atoms with Crippen LogP contribution in [0, 0.1) is 0 Å². The van der Waals surface area contributed by atoms with Gasteiger partial charge in [-0.1, -0.05) is 0 Å². The molecule has 0 aromatic rings. The second kappa shape index (κ2) is 6.29. The first-order valence-electron chi connectivity index (χ1n) is 5.00. The Bertz CT molecular complexity index is 159. The lowest BCUT2D eigenvalue weighted by atomic mass is 10.1. The molecule has 1 heterocycles. The van der Waals surface area contributed by atoms with Gasteiger partial charge in [0.05, 0.1) is 25.4 Å². The highest BCUT2D eigenvalue weighted by Crippen LogP contribution is 2.16. The molecule has 3 N–H and O–H groups in total. The number of nitrogens with one attached hydrogen (secondary N) is 1. The Morgan fingerprint density at radius 1 is 1.36 bits per heavy atom. The second-order valence-electron chi connectivity index (χ2n) is 3.48. The van der Waals surface area contributed by atoms with Gasteiger partial charge in [-0.05, 0) is 19.4 Å². The molecule has 1 saturated heterocycles. The maximum absolute atomic E-state index is 13.2. The zero-order valence-corrected chi connectivity index (χ0v) is 8.16. The summed E-state index contributed by atoms with van der Waals surface area (Å²) in [6.07, 6.45) is 0.0412. The largest absolute Gasteiger partial charge is 0.396 e. The SMILES string of the molecule is OCCCCN[C@H]1[C@H](F)CO[C@@H]1CO. The van der Waals surface area contributed by atoms with Gasteiger partial charge in [0.15, 0.2) is 0 Å². The molecule has 0 aromatic heterocycles. The summed E-state index contributed by atoms with van der Waals surface area (Å²) in [6, 6.07) is -0.404. The Labute approximate surface area is 83.1 Å². The molecule has 1 rings (SSSR count). The Morgan fingerprint density at radius 3 is 2.79 bits per heavy atom. The number of aliphatic hydroxyl groups excluding tert-OH is 2. The van der Waals surface area contributed by atoms with E-state index < -0.39 is 18.3 Å². The third-order valence-electron chi connectivity index (χ3n) is 2.40. The number of alkyl halides is 1. The molecule has 3 atom stereocenters. The Morgan fingerprint density at radius 2 is 2.14 bits per heavy atom. The van der Waals surface area contributed by atoms with Gasteiger partial charge in [0.1, 0.15) is 6.17 Å². The van der Waals surface area contributed by atoms with Crippen molar-refractivity contribution < 1.29 is 19.3 Å². The smallest absolute Gasteiger partial charge is 0.141 e. The van der Waals surface area contributed by atoms with Crippen molar-refractivity contribution in [3.05, 3.63) is 0 Å². The van der Waals surface area contributed by atoms with Crippen LogP contribution in [0.4, 0.5) is 4.39 Å². The molecule has 0 saturated carbocycles. The number of aliphatic hydroxyl groups is 2. The van der Waals surface area contributed by atoms with E-state index >= 15 is 0 Å². The predicted molar refractivity (Wildman–Crippen MR) is 49.8 cm³/mol. The van der Waals surface area contributed by atoms with Crippen LogP contribution in [-0.2, 0) is 4.74 Å². The highest BCUT2D eigenvalue weighted by molar-refractivity contribution is 4.89. The van der Waals surface area contributed by atoms with Gasteiger partial charge in [-0.3, -0.25) is 0 Å². The summed E-state index contributed by atoms with van der Waals surface area (Å²) in [5.41, 5.74) is 0. The van der Waals surface area contributed by atoms with Crippen molar-refractivity contribution in [3.63, 3.8) is 0 Å². The van der Waals surface area contributed by atoms with Crippen molar-refractivity contribution in [1.82, 2.24) is 5.32 Å². The predicted octanol–water partition coefficient (Wildman–Crippen LogP) is -0.554. The van der Waals surface area contributed by atoms with Gasteiger partial charge in [-0.15, -0.1) is 0 Å². The molecule has 1 aliphatic rings. The molecule has 0 aliphatic carbocycles. The zero-order chi connectivity index (χ0) is 10.4. The van der Waals surface area contributed by atoms with Gasteiger partial charge in [-0.2, -0.15) is 0 Å². The molecule has 84 valence electrons. The van der Waals surface area contributed by atoms with Crippen LogP contribution in [0.2, 0.25) is 0 Å². The molecule has 14 heavy (non-hydrogen) atoms. The van der Waals surface area contributed by atoms with Crippen LogP contribution in [0.3, 0.4) is 0 Å². The fraction of sp³-hybridized carbons (Fsp3) is 1.00. The van der Waals surface area contributed by atoms with Crippen LogP contribution < -0.4 is 5.32 Å². The lowest BCUT2D eigenvalue weighted by Crippen LogP contribution is -2.44. The summed E-state index contributed by atoms with van der Waals surface area (Å²) >= 11 is 0. The van der Waals surface area contributed by atoms with Gasteiger partial charge in [0.25, 0.3) is 0 Å². The number of hydrogen-bond acceptors (Lipinski definition) is 4. The minimum absolute atomic E-state index is 0.0584. The first kappa shape index (κ1) is 11.8. The summed E-state index contributed by atoms with van der Waals surface area (Å²) in [5.74, 6) is 0. The summed E-state index contributed by atoms with van der Waals surface area (Å²) in [4.78, 5) is 0. The first-order valence-corrected chi connectivity index (χ1v) is 5.00. The maximum Gasteiger partial charge on any atom is 0.141 e. The van der Waals surface area contributed by atoms with E-state index in [4.69, 9.17) is 14.9 Å². The normalized spacial score (nSPS) is 32.4. The number of unbranched alkanes of at least 4 members (excludes halogenated alkanes) is 1. The van der Waals surface area contributed by atoms with Gasteiger partial charge in [0, 0.05) is 6.61 Å². The molecule has 0 radical (unpaired) electrons. The van der Waals surface area contributed by atoms with Crippen LogP contribution in [0.5, 0.6) is 0 Å². The first-order chi connectivity index (χ1) is 6.79. The average molecular weight is 207 g/mol. The Balaban J connectivity index is 2.19. The maximum atomic E-state index is 13.2. The van der Waals surface area contributed by atoms with Gasteiger partial charge < -0.3 is 20.3 Å². The van der Waals surface area contributed by atoms with E-state index in [2.05, 4.69) is 5.32 Å². The van der Waals surface area contributed by atoms with Crippen molar-refractivity contribution in [1.29, 1.82) is 0 Å². The standard InChI is InChI=1S/C9H18FNO3/c10-7-6-14-8(5-13)9(7)11-3-1-2-4-12/h7-9,11-13H,1-6H2/t7-,8-,9+/m1/s1. The fourth-order valence-electron chi connectivity index (χ4n) is 1.59. The molecular weight excluding hydrogens is 189 g/mol. The van der Waals surface area contributed by atoms with Gasteiger partial charge in [0.2, 0.25) is 0 Å². The van der Waals surface area contributed by atoms with Crippen LogP contribution in [-0.4, -0.2) is 54.9 Å². The minimum Gasteiger partial charge on any atom is -0.396 e. The van der Waals surface area contributed by atoms with E-state index in [9.17, 15) is 4.39 Å². The van der Waals surface area contributed by atoms with Crippen LogP contribution in [0.15, 0.2) is 0 Å². The minimum atomic E-state index is -1.04. The molecule has 5 heteroatoms. The molecule has 0 spiro atoms. The number of halogens is 1. The lowest BCUT2D eigenvalue weighted by Gasteiger charge is -2.18. The van der Waals surface area contributed by atoms with Crippen molar-refractivity contribution in [2.24, 2.45) is 0 Å². The zero-order valence-electron chi connectivity index (χ0n) is 8.16. The quantitative estimate of drug-likeness (QED) is 0.511. The molecule has 0 bridgehead atoms. The summed E-state index contributed by atoms with van der Waals surface area (Å²) in [6.45, 7) is 0.706. The number of ether oxygens (including phenoxy) is 1. The van der Waals surface area contributed by atoms with Crippen molar-refractivity contribution in [2.75, 3.05) is 26.4 Å². The number of rotatable bonds is 6. The Kier molecular flexibility index (Phi) is 5.32. The third-order valence-corrected chi connectivity index (χ3v) is 2.40. The van der Waals surface area contributed by atoms with E-state index in [-0.39, 0.29) is 19.8 Å². The average Bonchev–Trinajstić information content (AvgIpc) is 2.55. The summed E-state index contributed by atoms with van der Waals surface area (Å²) in [5, 5.41) is 20.4. The highest BCUT2D eigenvalue weighted by atomic mass is 19.1. The summed E-state index contributed by atoms with van der Waals surface area (Å²) in [7, 11) is 0. The van der Waals surface area contributed by atoms with Crippen molar-refractivity contribution >= 4 is 0 Å². The number of hydrogen-bond donors (Lipinski definition) is 3. The monoisotopic (exact) mass is 207 g/mol. The van der Waals surface area contributed by atoms with Crippen LogP contribution in [0.25, 0.3) is 0 Å². The van der Waals surface area contributed by atoms with Crippen molar-refractivity contribution in [2.45, 2.75) is 31.2 Å². The molecule has 1 fully saturated rings. The van der Waals surface area contributed by atoms with Crippen LogP contribution in [0.1, 0.15) is 12.8 Å². The lowest BCUT2D eigenvalue weighted by molar-refractivity contribution is 0.0468. The van der Waals surface area contributed by atoms with E-state index in [0.717, 1.165) is 6.42 Å². The third kappa shape index (κ3) is 3.16. The molecule has 0 amide bonds. The summed E-state index contributed by atoms with van der Waals surface area (Å²) < 4.78 is 18.2.